The van der Waals surface area contributed by atoms with Gasteiger partial charge in [-0.15, -0.1) is 0 Å². The van der Waals surface area contributed by atoms with Gasteiger partial charge in [-0.1, -0.05) is 12.1 Å². The van der Waals surface area contributed by atoms with Crippen LogP contribution in [0.3, 0.4) is 0 Å². The van der Waals surface area contributed by atoms with Crippen LogP contribution in [-0.2, 0) is 30.3 Å². The molecular formula is C23H34N2O7. The summed E-state index contributed by atoms with van der Waals surface area (Å²) >= 11 is 0. The zero-order chi connectivity index (χ0) is 24.3. The predicted molar refractivity (Wildman–Crippen MR) is 116 cm³/mol. The van der Waals surface area contributed by atoms with Gasteiger partial charge in [0.05, 0.1) is 26.2 Å². The van der Waals surface area contributed by atoms with Gasteiger partial charge in [0.1, 0.15) is 5.75 Å². The van der Waals surface area contributed by atoms with Gasteiger partial charge in [0, 0.05) is 24.5 Å². The fourth-order valence-corrected chi connectivity index (χ4v) is 3.82. The van der Waals surface area contributed by atoms with E-state index in [4.69, 9.17) is 23.8 Å². The standard InChI is InChI=1S/C22H34N2O5.CO2/c1-7-28-21(25)13-18-14-23(22(26)29-16(4)5)24(15(2)3)20(18)12-17-8-10-19(27-6)11-9-17;2-1-3/h8-11,15-16,18,20H,7,12-14H2,1-6H3;/t18-,20+;/m0./s1. The summed E-state index contributed by atoms with van der Waals surface area (Å²) in [5, 5.41) is 3.71. The van der Waals surface area contributed by atoms with Gasteiger partial charge in [-0.25, -0.2) is 14.8 Å². The highest BCUT2D eigenvalue weighted by Gasteiger charge is 2.45. The molecule has 2 rings (SSSR count). The highest BCUT2D eigenvalue weighted by Crippen LogP contribution is 2.33. The lowest BCUT2D eigenvalue weighted by atomic mass is 9.91. The number of methoxy groups -OCH3 is 1. The highest BCUT2D eigenvalue weighted by atomic mass is 16.6. The molecule has 9 heteroatoms. The minimum Gasteiger partial charge on any atom is -0.497 e. The molecule has 1 saturated heterocycles. The molecule has 1 aliphatic heterocycles. The summed E-state index contributed by atoms with van der Waals surface area (Å²) in [4.78, 5) is 41.2. The smallest absolute Gasteiger partial charge is 0.424 e. The summed E-state index contributed by atoms with van der Waals surface area (Å²) in [6.07, 6.45) is 0.640. The molecule has 178 valence electrons. The molecule has 1 aromatic rings. The number of rotatable bonds is 8. The van der Waals surface area contributed by atoms with Gasteiger partial charge in [-0.3, -0.25) is 4.79 Å². The van der Waals surface area contributed by atoms with Gasteiger partial charge in [-0.05, 0) is 58.7 Å². The molecule has 1 aliphatic rings. The molecule has 0 radical (unpaired) electrons. The monoisotopic (exact) mass is 450 g/mol. The van der Waals surface area contributed by atoms with Crippen LogP contribution in [0, 0.1) is 5.92 Å². The number of hydrogen-bond acceptors (Lipinski definition) is 8. The molecule has 0 aliphatic carbocycles. The molecule has 9 nitrogen and oxygen atoms in total. The Balaban J connectivity index is 0.00000161. The van der Waals surface area contributed by atoms with Crippen molar-refractivity contribution < 1.29 is 33.4 Å². The molecule has 0 spiro atoms. The third-order valence-electron chi connectivity index (χ3n) is 4.98. The van der Waals surface area contributed by atoms with E-state index in [0.29, 0.717) is 19.6 Å². The number of hydrogen-bond donors (Lipinski definition) is 0. The third kappa shape index (κ3) is 7.98. The lowest BCUT2D eigenvalue weighted by molar-refractivity contribution is -0.191. The van der Waals surface area contributed by atoms with E-state index in [2.05, 4.69) is 5.01 Å². The molecule has 1 fully saturated rings. The molecule has 1 heterocycles. The summed E-state index contributed by atoms with van der Waals surface area (Å²) in [5.74, 6) is 0.518. The number of nitrogens with zero attached hydrogens (tertiary/aromatic N) is 2. The topological polar surface area (TPSA) is 102 Å². The number of carbonyl (C=O) groups excluding carboxylic acids is 4. The number of ether oxygens (including phenoxy) is 3. The first-order valence-corrected chi connectivity index (χ1v) is 10.7. The summed E-state index contributed by atoms with van der Waals surface area (Å²) in [7, 11) is 1.64. The number of carbonyl (C=O) groups is 2. The molecule has 0 bridgehead atoms. The third-order valence-corrected chi connectivity index (χ3v) is 4.98. The van der Waals surface area contributed by atoms with Gasteiger partial charge in [0.25, 0.3) is 0 Å². The van der Waals surface area contributed by atoms with Gasteiger partial charge < -0.3 is 14.2 Å². The van der Waals surface area contributed by atoms with Crippen LogP contribution < -0.4 is 4.74 Å². The lowest BCUT2D eigenvalue weighted by Crippen LogP contribution is -2.50. The maximum Gasteiger partial charge on any atom is 0.424 e. The van der Waals surface area contributed by atoms with Crippen LogP contribution in [0.2, 0.25) is 0 Å². The zero-order valence-corrected chi connectivity index (χ0v) is 19.7. The van der Waals surface area contributed by atoms with E-state index in [1.807, 2.05) is 52.0 Å². The Hall–Kier alpha value is -2.90. The van der Waals surface area contributed by atoms with Gasteiger partial charge in [-0.2, -0.15) is 9.59 Å². The van der Waals surface area contributed by atoms with Crippen molar-refractivity contribution in [3.05, 3.63) is 29.8 Å². The van der Waals surface area contributed by atoms with Crippen molar-refractivity contribution >= 4 is 18.2 Å². The van der Waals surface area contributed by atoms with Gasteiger partial charge >= 0.3 is 18.2 Å². The van der Waals surface area contributed by atoms with Crippen LogP contribution in [0.5, 0.6) is 5.75 Å². The molecule has 0 N–H and O–H groups in total. The van der Waals surface area contributed by atoms with Crippen LogP contribution in [0.25, 0.3) is 0 Å². The van der Waals surface area contributed by atoms with E-state index in [9.17, 15) is 9.59 Å². The first kappa shape index (κ1) is 27.1. The van der Waals surface area contributed by atoms with Crippen molar-refractivity contribution in [2.24, 2.45) is 5.92 Å². The van der Waals surface area contributed by atoms with Crippen LogP contribution in [-0.4, -0.2) is 66.7 Å². The van der Waals surface area contributed by atoms with Crippen molar-refractivity contribution in [2.45, 2.75) is 65.6 Å². The lowest BCUT2D eigenvalue weighted by Gasteiger charge is -2.35. The molecule has 0 aromatic heterocycles. The second kappa shape index (κ2) is 13.5. The number of hydrazine groups is 1. The van der Waals surface area contributed by atoms with Crippen LogP contribution in [0.4, 0.5) is 4.79 Å². The molecule has 1 aromatic carbocycles. The summed E-state index contributed by atoms with van der Waals surface area (Å²) in [6, 6.07) is 7.95. The van der Waals surface area contributed by atoms with Crippen molar-refractivity contribution in [2.75, 3.05) is 20.3 Å². The summed E-state index contributed by atoms with van der Waals surface area (Å²) in [5.41, 5.74) is 1.12. The van der Waals surface area contributed by atoms with E-state index < -0.39 is 0 Å². The Labute approximate surface area is 189 Å². The van der Waals surface area contributed by atoms with E-state index in [-0.39, 0.29) is 48.7 Å². The summed E-state index contributed by atoms with van der Waals surface area (Å²) in [6.45, 7) is 10.3. The quantitative estimate of drug-likeness (QED) is 0.557. The predicted octanol–water partition coefficient (Wildman–Crippen LogP) is 3.08. The normalized spacial score (nSPS) is 18.1. The van der Waals surface area contributed by atoms with Gasteiger partial charge in [0.2, 0.25) is 0 Å². The van der Waals surface area contributed by atoms with Crippen LogP contribution >= 0.6 is 0 Å². The number of benzene rings is 1. The second-order valence-corrected chi connectivity index (χ2v) is 7.96. The summed E-state index contributed by atoms with van der Waals surface area (Å²) < 4.78 is 15.9. The number of amides is 1. The largest absolute Gasteiger partial charge is 0.497 e. The average molecular weight is 451 g/mol. The Kier molecular flexibility index (Phi) is 11.4. The van der Waals surface area contributed by atoms with Crippen molar-refractivity contribution in [1.29, 1.82) is 0 Å². The second-order valence-electron chi connectivity index (χ2n) is 7.96. The van der Waals surface area contributed by atoms with E-state index in [1.165, 1.54) is 0 Å². The Morgan fingerprint density at radius 2 is 1.72 bits per heavy atom. The Morgan fingerprint density at radius 1 is 1.12 bits per heavy atom. The molecule has 0 saturated carbocycles. The highest BCUT2D eigenvalue weighted by molar-refractivity contribution is 5.71. The fourth-order valence-electron chi connectivity index (χ4n) is 3.82. The first-order valence-electron chi connectivity index (χ1n) is 10.7. The molecule has 32 heavy (non-hydrogen) atoms. The maximum atomic E-state index is 12.7. The van der Waals surface area contributed by atoms with Crippen LogP contribution in [0.15, 0.2) is 24.3 Å². The fraction of sp³-hybridized carbons (Fsp3) is 0.609. The number of esters is 1. The van der Waals surface area contributed by atoms with Crippen LogP contribution in [0.1, 0.15) is 46.6 Å². The van der Waals surface area contributed by atoms with Crippen molar-refractivity contribution in [1.82, 2.24) is 10.0 Å². The molecule has 1 amide bonds. The van der Waals surface area contributed by atoms with Gasteiger partial charge in [0.15, 0.2) is 0 Å². The SMILES string of the molecule is CCOC(=O)C[C@H]1CN(C(=O)OC(C)C)N(C(C)C)[C@@H]1Cc1ccc(OC)cc1.O=C=O. The Bertz CT molecular complexity index is 758. The first-order chi connectivity index (χ1) is 15.2. The van der Waals surface area contributed by atoms with E-state index in [1.54, 1.807) is 19.0 Å². The molecule has 2 atom stereocenters. The van der Waals surface area contributed by atoms with E-state index in [0.717, 1.165) is 11.3 Å². The maximum absolute atomic E-state index is 12.7. The molecule has 0 unspecified atom stereocenters. The Morgan fingerprint density at radius 3 is 2.19 bits per heavy atom. The van der Waals surface area contributed by atoms with Crippen molar-refractivity contribution in [3.63, 3.8) is 0 Å². The van der Waals surface area contributed by atoms with E-state index >= 15 is 0 Å². The zero-order valence-electron chi connectivity index (χ0n) is 19.7. The average Bonchev–Trinajstić information content (AvgIpc) is 3.07. The van der Waals surface area contributed by atoms with Crippen molar-refractivity contribution in [3.8, 4) is 5.75 Å². The minimum absolute atomic E-state index is 0.0208. The molecular weight excluding hydrogens is 416 g/mol. The minimum atomic E-state index is -0.375.